The van der Waals surface area contributed by atoms with Crippen LogP contribution >= 0.6 is 11.3 Å². The number of imidazole rings is 1. The number of hydrogen-bond acceptors (Lipinski definition) is 4. The van der Waals surface area contributed by atoms with Crippen molar-refractivity contribution in [2.24, 2.45) is 0 Å². The van der Waals surface area contributed by atoms with Gasteiger partial charge in [-0.1, -0.05) is 18.2 Å². The van der Waals surface area contributed by atoms with Gasteiger partial charge in [-0.3, -0.25) is 4.40 Å². The Morgan fingerprint density at radius 3 is 2.74 bits per heavy atom. The lowest BCUT2D eigenvalue weighted by molar-refractivity contribution is 0.334. The van der Waals surface area contributed by atoms with E-state index in [1.54, 1.807) is 11.3 Å². The maximum absolute atomic E-state index is 13.3. The molecule has 134 valence electrons. The highest BCUT2D eigenvalue weighted by Crippen LogP contribution is 2.35. The molecule has 0 spiro atoms. The maximum atomic E-state index is 13.3. The maximum Gasteiger partial charge on any atom is 0.137 e. The second-order valence-corrected chi connectivity index (χ2v) is 7.52. The van der Waals surface area contributed by atoms with Crippen LogP contribution in [0.4, 0.5) is 4.39 Å². The summed E-state index contributed by atoms with van der Waals surface area (Å²) in [5.41, 5.74) is 8.68. The van der Waals surface area contributed by atoms with Gasteiger partial charge in [-0.15, -0.1) is 11.3 Å². The molecule has 27 heavy (non-hydrogen) atoms. The summed E-state index contributed by atoms with van der Waals surface area (Å²) in [6.07, 6.45) is 6.12. The van der Waals surface area contributed by atoms with Gasteiger partial charge in [0.2, 0.25) is 0 Å². The molecule has 5 rings (SSSR count). The molecular weight excluding hydrogens is 359 g/mol. The fourth-order valence-electron chi connectivity index (χ4n) is 3.50. The van der Waals surface area contributed by atoms with Crippen molar-refractivity contribution in [3.05, 3.63) is 89.4 Å². The van der Waals surface area contributed by atoms with E-state index in [1.807, 2.05) is 42.5 Å². The standard InChI is InChI=1S/C21H17FN4S/c1-25-13-17(21(24-25)14-4-7-16(22)8-5-14)15-6-9-20-23-11-18(26(20)12-15)19-3-2-10-27-19/h2-13,21,24H,1H3. The molecule has 4 heterocycles. The predicted octanol–water partition coefficient (Wildman–Crippen LogP) is 4.73. The van der Waals surface area contributed by atoms with E-state index in [-0.39, 0.29) is 11.9 Å². The van der Waals surface area contributed by atoms with Crippen LogP contribution in [0.2, 0.25) is 0 Å². The number of nitrogens with one attached hydrogen (secondary N) is 1. The Morgan fingerprint density at radius 1 is 1.11 bits per heavy atom. The number of fused-ring (bicyclic) bond motifs is 1. The van der Waals surface area contributed by atoms with Crippen LogP contribution in [0.5, 0.6) is 0 Å². The second-order valence-electron chi connectivity index (χ2n) is 6.58. The van der Waals surface area contributed by atoms with Gasteiger partial charge in [0.1, 0.15) is 11.5 Å². The topological polar surface area (TPSA) is 32.6 Å². The SMILES string of the molecule is CN1C=C(c2ccc3ncc(-c4cccs4)n3c2)C(c2ccc(F)cc2)N1. The van der Waals surface area contributed by atoms with Crippen LogP contribution < -0.4 is 5.43 Å². The molecule has 3 aromatic heterocycles. The van der Waals surface area contributed by atoms with Crippen LogP contribution in [-0.2, 0) is 0 Å². The van der Waals surface area contributed by atoms with E-state index in [4.69, 9.17) is 0 Å². The number of thiophene rings is 1. The van der Waals surface area contributed by atoms with Crippen LogP contribution in [0.3, 0.4) is 0 Å². The van der Waals surface area contributed by atoms with Crippen molar-refractivity contribution in [1.82, 2.24) is 19.8 Å². The van der Waals surface area contributed by atoms with Crippen LogP contribution in [0.1, 0.15) is 17.2 Å². The lowest BCUT2D eigenvalue weighted by Gasteiger charge is -2.18. The molecule has 1 aromatic carbocycles. The van der Waals surface area contributed by atoms with Gasteiger partial charge in [0.15, 0.2) is 0 Å². The van der Waals surface area contributed by atoms with Crippen molar-refractivity contribution in [3.8, 4) is 10.6 Å². The average molecular weight is 376 g/mol. The van der Waals surface area contributed by atoms with E-state index >= 15 is 0 Å². The largest absolute Gasteiger partial charge is 0.317 e. The third-order valence-electron chi connectivity index (χ3n) is 4.79. The molecule has 0 bridgehead atoms. The molecular formula is C21H17FN4S. The summed E-state index contributed by atoms with van der Waals surface area (Å²) in [6.45, 7) is 0. The first kappa shape index (κ1) is 16.2. The molecule has 1 aliphatic heterocycles. The highest BCUT2D eigenvalue weighted by molar-refractivity contribution is 7.13. The zero-order chi connectivity index (χ0) is 18.4. The summed E-state index contributed by atoms with van der Waals surface area (Å²) in [5, 5.41) is 4.02. The number of rotatable bonds is 3. The molecule has 1 N–H and O–H groups in total. The number of hydrogen-bond donors (Lipinski definition) is 1. The van der Waals surface area contributed by atoms with Gasteiger partial charge in [-0.05, 0) is 46.8 Å². The molecule has 0 aliphatic carbocycles. The summed E-state index contributed by atoms with van der Waals surface area (Å²) in [5.74, 6) is -0.226. The lowest BCUT2D eigenvalue weighted by atomic mass is 9.96. The van der Waals surface area contributed by atoms with Crippen molar-refractivity contribution in [1.29, 1.82) is 0 Å². The van der Waals surface area contributed by atoms with Gasteiger partial charge in [-0.25, -0.2) is 14.8 Å². The summed E-state index contributed by atoms with van der Waals surface area (Å²) in [6, 6.07) is 14.9. The van der Waals surface area contributed by atoms with Gasteiger partial charge in [-0.2, -0.15) is 0 Å². The molecule has 0 radical (unpaired) electrons. The van der Waals surface area contributed by atoms with Gasteiger partial charge >= 0.3 is 0 Å². The fourth-order valence-corrected chi connectivity index (χ4v) is 4.23. The van der Waals surface area contributed by atoms with E-state index in [9.17, 15) is 4.39 Å². The first-order chi connectivity index (χ1) is 13.2. The van der Waals surface area contributed by atoms with E-state index in [0.717, 1.165) is 28.0 Å². The normalized spacial score (nSPS) is 16.9. The van der Waals surface area contributed by atoms with Crippen LogP contribution in [0, 0.1) is 5.82 Å². The van der Waals surface area contributed by atoms with Crippen molar-refractivity contribution in [2.45, 2.75) is 6.04 Å². The van der Waals surface area contributed by atoms with E-state index < -0.39 is 0 Å². The molecule has 4 nitrogen and oxygen atoms in total. The number of hydrazine groups is 1. The molecule has 0 saturated heterocycles. The van der Waals surface area contributed by atoms with Crippen LogP contribution in [0.25, 0.3) is 21.8 Å². The molecule has 0 fully saturated rings. The van der Waals surface area contributed by atoms with Gasteiger partial charge < -0.3 is 5.01 Å². The first-order valence-corrected chi connectivity index (χ1v) is 9.54. The van der Waals surface area contributed by atoms with Crippen molar-refractivity contribution in [3.63, 3.8) is 0 Å². The smallest absolute Gasteiger partial charge is 0.137 e. The Morgan fingerprint density at radius 2 is 1.96 bits per heavy atom. The Hall–Kier alpha value is -2.96. The van der Waals surface area contributed by atoms with E-state index in [2.05, 4.69) is 44.7 Å². The monoisotopic (exact) mass is 376 g/mol. The number of aromatic nitrogens is 2. The molecule has 0 saturated carbocycles. The lowest BCUT2D eigenvalue weighted by Crippen LogP contribution is -2.27. The molecule has 1 aliphatic rings. The fraction of sp³-hybridized carbons (Fsp3) is 0.0952. The Kier molecular flexibility index (Phi) is 3.81. The summed E-state index contributed by atoms with van der Waals surface area (Å²) < 4.78 is 15.5. The van der Waals surface area contributed by atoms with E-state index in [0.29, 0.717) is 0 Å². The molecule has 1 atom stereocenters. The molecule has 4 aromatic rings. The highest BCUT2D eigenvalue weighted by atomic mass is 32.1. The predicted molar refractivity (Wildman–Crippen MR) is 107 cm³/mol. The van der Waals surface area contributed by atoms with Crippen molar-refractivity contribution < 1.29 is 4.39 Å². The Balaban J connectivity index is 1.60. The zero-order valence-corrected chi connectivity index (χ0v) is 15.4. The minimum atomic E-state index is -0.226. The number of halogens is 1. The third kappa shape index (κ3) is 2.83. The highest BCUT2D eigenvalue weighted by Gasteiger charge is 2.25. The molecule has 1 unspecified atom stereocenters. The van der Waals surface area contributed by atoms with Crippen LogP contribution in [-0.4, -0.2) is 21.4 Å². The molecule has 0 amide bonds. The zero-order valence-electron chi connectivity index (χ0n) is 14.6. The number of pyridine rings is 1. The van der Waals surface area contributed by atoms with Gasteiger partial charge in [0.05, 0.1) is 22.8 Å². The quantitative estimate of drug-likeness (QED) is 0.561. The Labute approximate surface area is 160 Å². The third-order valence-corrected chi connectivity index (χ3v) is 5.68. The summed E-state index contributed by atoms with van der Waals surface area (Å²) in [4.78, 5) is 5.71. The summed E-state index contributed by atoms with van der Waals surface area (Å²) >= 11 is 1.70. The number of nitrogens with zero attached hydrogens (tertiary/aromatic N) is 3. The minimum Gasteiger partial charge on any atom is -0.317 e. The van der Waals surface area contributed by atoms with E-state index in [1.165, 1.54) is 17.0 Å². The Bertz CT molecular complexity index is 1130. The van der Waals surface area contributed by atoms with Gasteiger partial charge in [0.25, 0.3) is 0 Å². The summed E-state index contributed by atoms with van der Waals surface area (Å²) in [7, 11) is 1.97. The molecule has 6 heteroatoms. The van der Waals surface area contributed by atoms with Gasteiger partial charge in [0, 0.05) is 25.0 Å². The van der Waals surface area contributed by atoms with Crippen LogP contribution in [0.15, 0.2) is 72.5 Å². The first-order valence-electron chi connectivity index (χ1n) is 8.66. The number of benzene rings is 1. The minimum absolute atomic E-state index is 0.0261. The average Bonchev–Trinajstić information content (AvgIpc) is 3.40. The van der Waals surface area contributed by atoms with Crippen molar-refractivity contribution in [2.75, 3.05) is 7.05 Å². The van der Waals surface area contributed by atoms with Crippen molar-refractivity contribution >= 4 is 22.6 Å². The second kappa shape index (κ2) is 6.33.